The number of hydrogen-bond acceptors (Lipinski definition) is 4. The van der Waals surface area contributed by atoms with Crippen LogP contribution in [0.5, 0.6) is 0 Å². The first-order valence-electron chi connectivity index (χ1n) is 8.37. The number of amides is 1. The van der Waals surface area contributed by atoms with E-state index in [1.54, 1.807) is 35.5 Å². The molecular formula is C20H18N2O3. The van der Waals surface area contributed by atoms with Gasteiger partial charge < -0.3 is 9.32 Å². The van der Waals surface area contributed by atoms with Crippen LogP contribution in [0, 0.1) is 5.92 Å². The maximum atomic E-state index is 13.0. The lowest BCUT2D eigenvalue weighted by Crippen LogP contribution is -2.31. The molecule has 1 aliphatic heterocycles. The van der Waals surface area contributed by atoms with Gasteiger partial charge in [0, 0.05) is 18.9 Å². The van der Waals surface area contributed by atoms with E-state index in [2.05, 4.69) is 11.9 Å². The highest BCUT2D eigenvalue weighted by atomic mass is 16.4. The number of pyridine rings is 1. The monoisotopic (exact) mass is 334 g/mol. The zero-order valence-electron chi connectivity index (χ0n) is 13.9. The van der Waals surface area contributed by atoms with E-state index in [4.69, 9.17) is 4.42 Å². The summed E-state index contributed by atoms with van der Waals surface area (Å²) in [6.07, 6.45) is 4.38. The number of rotatable bonds is 2. The summed E-state index contributed by atoms with van der Waals surface area (Å²) in [6.45, 7) is 2.75. The smallest absolute Gasteiger partial charge is 0.344 e. The van der Waals surface area contributed by atoms with Crippen LogP contribution in [0.15, 0.2) is 64.1 Å². The normalized spacial score (nSPS) is 20.1. The topological polar surface area (TPSA) is 63.4 Å². The molecule has 0 aliphatic carbocycles. The van der Waals surface area contributed by atoms with E-state index < -0.39 is 5.63 Å². The Morgan fingerprint density at radius 2 is 2.08 bits per heavy atom. The molecule has 1 amide bonds. The second-order valence-corrected chi connectivity index (χ2v) is 6.59. The first kappa shape index (κ1) is 15.6. The zero-order valence-corrected chi connectivity index (χ0v) is 13.9. The van der Waals surface area contributed by atoms with E-state index in [0.29, 0.717) is 23.2 Å². The number of hydrogen-bond donors (Lipinski definition) is 0. The molecule has 25 heavy (non-hydrogen) atoms. The Kier molecular flexibility index (Phi) is 3.84. The first-order chi connectivity index (χ1) is 12.1. The molecule has 1 fully saturated rings. The van der Waals surface area contributed by atoms with E-state index in [9.17, 15) is 9.59 Å². The van der Waals surface area contributed by atoms with Crippen molar-refractivity contribution in [3.05, 3.63) is 76.6 Å². The number of carbonyl (C=O) groups excluding carboxylic acids is 1. The van der Waals surface area contributed by atoms with Crippen LogP contribution in [0.25, 0.3) is 10.8 Å². The minimum atomic E-state index is -0.480. The van der Waals surface area contributed by atoms with Gasteiger partial charge in [0.1, 0.15) is 0 Å². The summed E-state index contributed by atoms with van der Waals surface area (Å²) in [5, 5.41) is 1.20. The van der Waals surface area contributed by atoms with Gasteiger partial charge >= 0.3 is 5.63 Å². The van der Waals surface area contributed by atoms with Crippen molar-refractivity contribution < 1.29 is 9.21 Å². The van der Waals surface area contributed by atoms with E-state index in [0.717, 1.165) is 12.0 Å². The predicted molar refractivity (Wildman–Crippen MR) is 94.3 cm³/mol. The first-order valence-corrected chi connectivity index (χ1v) is 8.37. The highest BCUT2D eigenvalue weighted by Crippen LogP contribution is 2.36. The summed E-state index contributed by atoms with van der Waals surface area (Å²) in [5.74, 6) is 0.217. The van der Waals surface area contributed by atoms with Crippen molar-refractivity contribution in [3.63, 3.8) is 0 Å². The van der Waals surface area contributed by atoms with Crippen LogP contribution >= 0.6 is 0 Å². The number of fused-ring (bicyclic) bond motifs is 1. The Morgan fingerprint density at radius 1 is 1.24 bits per heavy atom. The molecule has 4 rings (SSSR count). The van der Waals surface area contributed by atoms with Gasteiger partial charge in [0.25, 0.3) is 5.91 Å². The minimum absolute atomic E-state index is 0.0482. The summed E-state index contributed by atoms with van der Waals surface area (Å²) in [4.78, 5) is 31.2. The highest BCUT2D eigenvalue weighted by molar-refractivity contribution is 5.95. The van der Waals surface area contributed by atoms with Gasteiger partial charge in [-0.1, -0.05) is 31.2 Å². The van der Waals surface area contributed by atoms with Crippen molar-refractivity contribution in [2.45, 2.75) is 19.4 Å². The van der Waals surface area contributed by atoms with Gasteiger partial charge in [-0.2, -0.15) is 0 Å². The lowest BCUT2D eigenvalue weighted by atomic mass is 10.0. The van der Waals surface area contributed by atoms with Gasteiger partial charge in [0.05, 0.1) is 11.4 Å². The van der Waals surface area contributed by atoms with Gasteiger partial charge in [-0.25, -0.2) is 4.79 Å². The van der Waals surface area contributed by atoms with E-state index in [-0.39, 0.29) is 17.7 Å². The second kappa shape index (κ2) is 6.16. The quantitative estimate of drug-likeness (QED) is 0.720. The third kappa shape index (κ3) is 2.82. The molecule has 3 heterocycles. The summed E-state index contributed by atoms with van der Waals surface area (Å²) in [6, 6.07) is 12.6. The van der Waals surface area contributed by atoms with Crippen LogP contribution < -0.4 is 5.63 Å². The Labute approximate surface area is 144 Å². The molecule has 1 aliphatic rings. The molecule has 1 saturated heterocycles. The average Bonchev–Trinajstić information content (AvgIpc) is 3.03. The van der Waals surface area contributed by atoms with E-state index >= 15 is 0 Å². The number of likely N-dealkylation sites (tertiary alicyclic amines) is 1. The predicted octanol–water partition coefficient (Wildman–Crippen LogP) is 3.41. The van der Waals surface area contributed by atoms with Gasteiger partial charge in [0.15, 0.2) is 5.76 Å². The van der Waals surface area contributed by atoms with Crippen LogP contribution in [-0.4, -0.2) is 22.3 Å². The standard InChI is InChI=1S/C20H18N2O3/c1-13-9-17(15-6-4-8-21-11-15)22(12-13)19(23)18-10-14-5-2-3-7-16(14)20(24)25-18/h2-8,10-11,13,17H,9,12H2,1H3/t13-,17-/m0/s1. The molecule has 126 valence electrons. The van der Waals surface area contributed by atoms with Crippen LogP contribution in [0.4, 0.5) is 0 Å². The Balaban J connectivity index is 1.73. The van der Waals surface area contributed by atoms with Gasteiger partial charge in [-0.3, -0.25) is 9.78 Å². The molecule has 2 aromatic heterocycles. The molecular weight excluding hydrogens is 316 g/mol. The molecule has 0 unspecified atom stereocenters. The number of aromatic nitrogens is 1. The minimum Gasteiger partial charge on any atom is -0.417 e. The lowest BCUT2D eigenvalue weighted by molar-refractivity contribution is 0.0695. The third-order valence-corrected chi connectivity index (χ3v) is 4.72. The van der Waals surface area contributed by atoms with Crippen molar-refractivity contribution in [2.24, 2.45) is 5.92 Å². The second-order valence-electron chi connectivity index (χ2n) is 6.59. The van der Waals surface area contributed by atoms with Crippen LogP contribution in [0.1, 0.15) is 35.5 Å². The molecule has 5 nitrogen and oxygen atoms in total. The SMILES string of the molecule is C[C@H]1C[C@@H](c2cccnc2)N(C(=O)c2cc3ccccc3c(=O)o2)C1. The van der Waals surface area contributed by atoms with Crippen molar-refractivity contribution in [1.29, 1.82) is 0 Å². The maximum Gasteiger partial charge on any atom is 0.344 e. The van der Waals surface area contributed by atoms with Crippen molar-refractivity contribution >= 4 is 16.7 Å². The van der Waals surface area contributed by atoms with Crippen molar-refractivity contribution in [2.75, 3.05) is 6.54 Å². The molecule has 5 heteroatoms. The van der Waals surface area contributed by atoms with Crippen molar-refractivity contribution in [3.8, 4) is 0 Å². The van der Waals surface area contributed by atoms with Gasteiger partial charge in [-0.05, 0) is 41.5 Å². The summed E-state index contributed by atoms with van der Waals surface area (Å²) in [7, 11) is 0. The number of nitrogens with zero attached hydrogens (tertiary/aromatic N) is 2. The summed E-state index contributed by atoms with van der Waals surface area (Å²) < 4.78 is 5.32. The zero-order chi connectivity index (χ0) is 17.4. The summed E-state index contributed by atoms with van der Waals surface area (Å²) in [5.41, 5.74) is 0.523. The van der Waals surface area contributed by atoms with Crippen LogP contribution in [0.2, 0.25) is 0 Å². The van der Waals surface area contributed by atoms with E-state index in [1.165, 1.54) is 0 Å². The molecule has 1 aromatic carbocycles. The highest BCUT2D eigenvalue weighted by Gasteiger charge is 2.35. The third-order valence-electron chi connectivity index (χ3n) is 4.72. The van der Waals surface area contributed by atoms with E-state index in [1.807, 2.05) is 24.3 Å². The lowest BCUT2D eigenvalue weighted by Gasteiger charge is -2.24. The van der Waals surface area contributed by atoms with Gasteiger partial charge in [-0.15, -0.1) is 0 Å². The fourth-order valence-electron chi connectivity index (χ4n) is 3.54. The Morgan fingerprint density at radius 3 is 2.88 bits per heavy atom. The maximum absolute atomic E-state index is 13.0. The largest absolute Gasteiger partial charge is 0.417 e. The molecule has 3 aromatic rings. The molecule has 0 bridgehead atoms. The number of benzene rings is 1. The van der Waals surface area contributed by atoms with Crippen molar-refractivity contribution in [1.82, 2.24) is 9.88 Å². The fourth-order valence-corrected chi connectivity index (χ4v) is 3.54. The Hall–Kier alpha value is -2.95. The molecule has 0 radical (unpaired) electrons. The molecule has 0 saturated carbocycles. The average molecular weight is 334 g/mol. The number of carbonyl (C=O) groups is 1. The Bertz CT molecular complexity index is 981. The van der Waals surface area contributed by atoms with Crippen LogP contribution in [0.3, 0.4) is 0 Å². The molecule has 2 atom stereocenters. The fraction of sp³-hybridized carbons (Fsp3) is 0.250. The van der Waals surface area contributed by atoms with Crippen LogP contribution in [-0.2, 0) is 0 Å². The molecule has 0 spiro atoms. The van der Waals surface area contributed by atoms with Gasteiger partial charge in [0.2, 0.25) is 0 Å². The molecule has 0 N–H and O–H groups in total. The summed E-state index contributed by atoms with van der Waals surface area (Å²) >= 11 is 0.